The quantitative estimate of drug-likeness (QED) is 0.489. The van der Waals surface area contributed by atoms with Crippen LogP contribution in [-0.4, -0.2) is 31.4 Å². The van der Waals surface area contributed by atoms with Crippen molar-refractivity contribution in [1.29, 1.82) is 0 Å². The average Bonchev–Trinajstić information content (AvgIpc) is 2.74. The number of fused-ring (bicyclic) bond motifs is 1. The van der Waals surface area contributed by atoms with Crippen LogP contribution in [0.1, 0.15) is 22.4 Å². The van der Waals surface area contributed by atoms with Crippen LogP contribution in [0.3, 0.4) is 0 Å². The number of hydrogen-bond donors (Lipinski definition) is 1. The van der Waals surface area contributed by atoms with Gasteiger partial charge in [-0.25, -0.2) is 9.97 Å². The molecular formula is C21H17F3N4O3. The van der Waals surface area contributed by atoms with Gasteiger partial charge in [0, 0.05) is 55.0 Å². The summed E-state index contributed by atoms with van der Waals surface area (Å²) >= 11 is 0. The molecule has 0 aliphatic carbocycles. The predicted molar refractivity (Wildman–Crippen MR) is 105 cm³/mol. The summed E-state index contributed by atoms with van der Waals surface area (Å²) in [4.78, 5) is 21.2. The Bertz CT molecular complexity index is 1130. The summed E-state index contributed by atoms with van der Waals surface area (Å²) in [6, 6.07) is 9.14. The third-order valence-electron chi connectivity index (χ3n) is 5.17. The van der Waals surface area contributed by atoms with E-state index in [9.17, 15) is 28.4 Å². The summed E-state index contributed by atoms with van der Waals surface area (Å²) in [5.74, 6) is 0.0180. The van der Waals surface area contributed by atoms with Gasteiger partial charge >= 0.3 is 11.9 Å². The van der Waals surface area contributed by atoms with Crippen molar-refractivity contribution in [3.8, 4) is 17.1 Å². The standard InChI is InChI=1S/C21H17F3N4O3/c22-21(23,24)16-6-4-13(5-7-16)20-25-10-15-12-27(9-8-17(15)26-20)11-14-2-1-3-18(19(14)29)28(30)31/h1-7,10,29H,8-9,11-12H2. The maximum atomic E-state index is 12.7. The molecule has 0 unspecified atom stereocenters. The van der Waals surface area contributed by atoms with Crippen LogP contribution in [0.2, 0.25) is 0 Å². The van der Waals surface area contributed by atoms with Crippen LogP contribution >= 0.6 is 0 Å². The van der Waals surface area contributed by atoms with Gasteiger partial charge in [0.2, 0.25) is 0 Å². The third kappa shape index (κ3) is 4.33. The number of nitro benzene ring substituents is 1. The zero-order valence-corrected chi connectivity index (χ0v) is 16.1. The van der Waals surface area contributed by atoms with Gasteiger partial charge < -0.3 is 5.11 Å². The second-order valence-corrected chi connectivity index (χ2v) is 7.24. The Morgan fingerprint density at radius 2 is 1.90 bits per heavy atom. The first-order valence-corrected chi connectivity index (χ1v) is 9.42. The molecule has 1 N–H and O–H groups in total. The summed E-state index contributed by atoms with van der Waals surface area (Å²) in [6.45, 7) is 1.43. The van der Waals surface area contributed by atoms with Crippen LogP contribution < -0.4 is 0 Å². The van der Waals surface area contributed by atoms with E-state index in [4.69, 9.17) is 0 Å². The van der Waals surface area contributed by atoms with Crippen molar-refractivity contribution in [1.82, 2.24) is 14.9 Å². The number of benzene rings is 2. The third-order valence-corrected chi connectivity index (χ3v) is 5.17. The van der Waals surface area contributed by atoms with Crippen LogP contribution in [0.25, 0.3) is 11.4 Å². The van der Waals surface area contributed by atoms with Crippen LogP contribution in [0.5, 0.6) is 5.75 Å². The van der Waals surface area contributed by atoms with Gasteiger partial charge in [0.15, 0.2) is 11.6 Å². The maximum Gasteiger partial charge on any atom is 0.416 e. The van der Waals surface area contributed by atoms with E-state index >= 15 is 0 Å². The molecule has 0 atom stereocenters. The van der Waals surface area contributed by atoms with E-state index < -0.39 is 16.7 Å². The molecule has 0 amide bonds. The summed E-state index contributed by atoms with van der Waals surface area (Å²) in [6.07, 6.45) is -2.16. The molecule has 4 rings (SSSR count). The van der Waals surface area contributed by atoms with Gasteiger partial charge in [-0.2, -0.15) is 13.2 Å². The Balaban J connectivity index is 1.50. The van der Waals surface area contributed by atoms with Crippen molar-refractivity contribution in [2.75, 3.05) is 6.54 Å². The van der Waals surface area contributed by atoms with E-state index in [2.05, 4.69) is 9.97 Å². The van der Waals surface area contributed by atoms with E-state index in [-0.39, 0.29) is 11.4 Å². The number of para-hydroxylation sites is 1. The lowest BCUT2D eigenvalue weighted by Crippen LogP contribution is -2.31. The lowest BCUT2D eigenvalue weighted by molar-refractivity contribution is -0.385. The fourth-order valence-corrected chi connectivity index (χ4v) is 3.55. The van der Waals surface area contributed by atoms with Crippen molar-refractivity contribution < 1.29 is 23.2 Å². The van der Waals surface area contributed by atoms with Crippen molar-refractivity contribution in [3.05, 3.63) is 81.2 Å². The molecule has 1 aliphatic rings. The Hall–Kier alpha value is -3.53. The van der Waals surface area contributed by atoms with E-state index in [1.54, 1.807) is 12.3 Å². The topological polar surface area (TPSA) is 92.4 Å². The number of phenolic OH excluding ortho intramolecular Hbond substituents is 1. The number of nitrogens with zero attached hydrogens (tertiary/aromatic N) is 4. The number of aromatic hydroxyl groups is 1. The fraction of sp³-hybridized carbons (Fsp3) is 0.238. The monoisotopic (exact) mass is 430 g/mol. The lowest BCUT2D eigenvalue weighted by Gasteiger charge is -2.28. The molecule has 0 radical (unpaired) electrons. The number of phenols is 1. The highest BCUT2D eigenvalue weighted by Gasteiger charge is 2.30. The second-order valence-electron chi connectivity index (χ2n) is 7.24. The predicted octanol–water partition coefficient (Wildman–Crippen LogP) is 4.33. The van der Waals surface area contributed by atoms with Gasteiger partial charge in [-0.15, -0.1) is 0 Å². The SMILES string of the molecule is O=[N+]([O-])c1cccc(CN2CCc3nc(-c4ccc(C(F)(F)F)cc4)ncc3C2)c1O. The van der Waals surface area contributed by atoms with Gasteiger partial charge in [0.05, 0.1) is 16.2 Å². The highest BCUT2D eigenvalue weighted by Crippen LogP contribution is 2.32. The van der Waals surface area contributed by atoms with Gasteiger partial charge in [0.1, 0.15) is 0 Å². The number of aromatic nitrogens is 2. The maximum absolute atomic E-state index is 12.7. The Labute approximate surface area is 175 Å². The van der Waals surface area contributed by atoms with E-state index in [0.717, 1.165) is 23.4 Å². The van der Waals surface area contributed by atoms with Crippen molar-refractivity contribution in [3.63, 3.8) is 0 Å². The van der Waals surface area contributed by atoms with Gasteiger partial charge in [-0.1, -0.05) is 24.3 Å². The minimum absolute atomic E-state index is 0.327. The first-order chi connectivity index (χ1) is 14.7. The molecule has 0 fully saturated rings. The Kier molecular flexibility index (Phi) is 5.32. The summed E-state index contributed by atoms with van der Waals surface area (Å²) in [7, 11) is 0. The number of nitro groups is 1. The minimum Gasteiger partial charge on any atom is -0.502 e. The van der Waals surface area contributed by atoms with E-state index in [1.165, 1.54) is 24.3 Å². The van der Waals surface area contributed by atoms with Gasteiger partial charge in [0.25, 0.3) is 0 Å². The molecule has 0 bridgehead atoms. The number of halogens is 3. The highest BCUT2D eigenvalue weighted by atomic mass is 19.4. The molecular weight excluding hydrogens is 413 g/mol. The average molecular weight is 430 g/mol. The molecule has 3 aromatic rings. The first-order valence-electron chi connectivity index (χ1n) is 9.42. The molecule has 1 aromatic heterocycles. The highest BCUT2D eigenvalue weighted by molar-refractivity contribution is 5.56. The molecule has 0 saturated carbocycles. The molecule has 10 heteroatoms. The molecule has 7 nitrogen and oxygen atoms in total. The molecule has 2 aromatic carbocycles. The molecule has 1 aliphatic heterocycles. The summed E-state index contributed by atoms with van der Waals surface area (Å²) < 4.78 is 38.2. The van der Waals surface area contributed by atoms with Crippen LogP contribution in [0.4, 0.5) is 18.9 Å². The van der Waals surface area contributed by atoms with Gasteiger partial charge in [-0.05, 0) is 12.1 Å². The molecule has 0 saturated heterocycles. The Morgan fingerprint density at radius 1 is 1.16 bits per heavy atom. The molecule has 31 heavy (non-hydrogen) atoms. The number of alkyl halides is 3. The van der Waals surface area contributed by atoms with Crippen molar-refractivity contribution in [2.24, 2.45) is 0 Å². The summed E-state index contributed by atoms with van der Waals surface area (Å²) in [5, 5.41) is 21.2. The van der Waals surface area contributed by atoms with Gasteiger partial charge in [-0.3, -0.25) is 15.0 Å². The molecule has 0 spiro atoms. The molecule has 2 heterocycles. The van der Waals surface area contributed by atoms with E-state index in [1.807, 2.05) is 4.90 Å². The minimum atomic E-state index is -4.40. The second kappa shape index (κ2) is 7.95. The van der Waals surface area contributed by atoms with Crippen LogP contribution in [0, 0.1) is 10.1 Å². The zero-order chi connectivity index (χ0) is 22.2. The Morgan fingerprint density at radius 3 is 2.58 bits per heavy atom. The first kappa shape index (κ1) is 20.7. The van der Waals surface area contributed by atoms with Crippen molar-refractivity contribution >= 4 is 5.69 Å². The fourth-order valence-electron chi connectivity index (χ4n) is 3.55. The van der Waals surface area contributed by atoms with E-state index in [0.29, 0.717) is 43.0 Å². The summed E-state index contributed by atoms with van der Waals surface area (Å²) in [5.41, 5.74) is 1.57. The smallest absolute Gasteiger partial charge is 0.416 e. The molecule has 160 valence electrons. The lowest BCUT2D eigenvalue weighted by atomic mass is 10.0. The number of rotatable bonds is 4. The normalized spacial score (nSPS) is 14.3. The van der Waals surface area contributed by atoms with Crippen LogP contribution in [-0.2, 0) is 25.7 Å². The largest absolute Gasteiger partial charge is 0.502 e. The zero-order valence-electron chi connectivity index (χ0n) is 16.1. The number of hydrogen-bond acceptors (Lipinski definition) is 6. The van der Waals surface area contributed by atoms with Crippen molar-refractivity contribution in [2.45, 2.75) is 25.7 Å². The van der Waals surface area contributed by atoms with Crippen LogP contribution in [0.15, 0.2) is 48.7 Å².